The summed E-state index contributed by atoms with van der Waals surface area (Å²) in [6.45, 7) is 0. The van der Waals surface area contributed by atoms with E-state index >= 15 is 0 Å². The fourth-order valence-electron chi connectivity index (χ4n) is 1.03. The molecule has 1 aromatic carbocycles. The van der Waals surface area contributed by atoms with Gasteiger partial charge < -0.3 is 5.32 Å². The molecular formula is C9H5F2N3OS. The van der Waals surface area contributed by atoms with Gasteiger partial charge in [0.2, 0.25) is 0 Å². The molecule has 0 bridgehead atoms. The first-order chi connectivity index (χ1) is 7.66. The molecule has 0 atom stereocenters. The highest BCUT2D eigenvalue weighted by molar-refractivity contribution is 7.03. The summed E-state index contributed by atoms with van der Waals surface area (Å²) in [7, 11) is 0. The first-order valence-electron chi connectivity index (χ1n) is 4.20. The zero-order valence-corrected chi connectivity index (χ0v) is 8.59. The molecule has 0 saturated carbocycles. The van der Waals surface area contributed by atoms with Gasteiger partial charge in [0.25, 0.3) is 5.91 Å². The average Bonchev–Trinajstić information content (AvgIpc) is 2.77. The van der Waals surface area contributed by atoms with Crippen molar-refractivity contribution in [2.75, 3.05) is 5.32 Å². The number of nitrogens with zero attached hydrogens (tertiary/aromatic N) is 2. The van der Waals surface area contributed by atoms with Crippen molar-refractivity contribution in [2.24, 2.45) is 0 Å². The van der Waals surface area contributed by atoms with Crippen LogP contribution in [0.5, 0.6) is 0 Å². The summed E-state index contributed by atoms with van der Waals surface area (Å²) in [4.78, 5) is 11.4. The summed E-state index contributed by atoms with van der Waals surface area (Å²) in [6.07, 6.45) is 0. The molecule has 0 unspecified atom stereocenters. The lowest BCUT2D eigenvalue weighted by atomic mass is 10.3. The van der Waals surface area contributed by atoms with E-state index in [1.807, 2.05) is 0 Å². The second-order valence-electron chi connectivity index (χ2n) is 2.87. The van der Waals surface area contributed by atoms with Gasteiger partial charge in [-0.2, -0.15) is 0 Å². The Balaban J connectivity index is 2.15. The summed E-state index contributed by atoms with van der Waals surface area (Å²) < 4.78 is 28.9. The van der Waals surface area contributed by atoms with Crippen molar-refractivity contribution in [3.63, 3.8) is 0 Å². The van der Waals surface area contributed by atoms with Gasteiger partial charge in [-0.15, -0.1) is 5.10 Å². The highest BCUT2D eigenvalue weighted by atomic mass is 32.1. The number of carbonyl (C=O) groups is 1. The van der Waals surface area contributed by atoms with Gasteiger partial charge in [-0.05, 0) is 23.7 Å². The normalized spacial score (nSPS) is 10.1. The lowest BCUT2D eigenvalue weighted by molar-refractivity contribution is 0.102. The fourth-order valence-corrected chi connectivity index (χ4v) is 1.47. The molecule has 0 radical (unpaired) electrons. The Morgan fingerprint density at radius 2 is 2.12 bits per heavy atom. The minimum atomic E-state index is -1.02. The van der Waals surface area contributed by atoms with Gasteiger partial charge in [-0.3, -0.25) is 4.79 Å². The minimum absolute atomic E-state index is 0.134. The predicted octanol–water partition coefficient (Wildman–Crippen LogP) is 2.07. The van der Waals surface area contributed by atoms with Crippen molar-refractivity contribution in [2.45, 2.75) is 0 Å². The zero-order valence-electron chi connectivity index (χ0n) is 7.78. The molecule has 2 rings (SSSR count). The molecule has 1 amide bonds. The Morgan fingerprint density at radius 1 is 1.31 bits per heavy atom. The molecule has 7 heteroatoms. The Hall–Kier alpha value is -1.89. The monoisotopic (exact) mass is 241 g/mol. The molecule has 0 aliphatic rings. The standard InChI is InChI=1S/C9H5F2N3OS/c10-6-2-1-5(3-7(6)11)12-9(15)8-4-16-14-13-8/h1-4H,(H,12,15). The van der Waals surface area contributed by atoms with Crippen molar-refractivity contribution in [3.8, 4) is 0 Å². The van der Waals surface area contributed by atoms with Gasteiger partial charge in [0, 0.05) is 17.1 Å². The second-order valence-corrected chi connectivity index (χ2v) is 3.48. The number of halogens is 2. The summed E-state index contributed by atoms with van der Waals surface area (Å²) >= 11 is 1.03. The molecule has 4 nitrogen and oxygen atoms in total. The quantitative estimate of drug-likeness (QED) is 0.875. The van der Waals surface area contributed by atoms with E-state index in [9.17, 15) is 13.6 Å². The Morgan fingerprint density at radius 3 is 2.75 bits per heavy atom. The van der Waals surface area contributed by atoms with Crippen LogP contribution in [0.3, 0.4) is 0 Å². The van der Waals surface area contributed by atoms with Gasteiger partial charge in [-0.1, -0.05) is 4.49 Å². The maximum absolute atomic E-state index is 12.8. The van der Waals surface area contributed by atoms with Crippen molar-refractivity contribution >= 4 is 23.1 Å². The Labute approximate surface area is 93.1 Å². The van der Waals surface area contributed by atoms with Crippen LogP contribution >= 0.6 is 11.5 Å². The summed E-state index contributed by atoms with van der Waals surface area (Å²) in [6, 6.07) is 3.09. The molecule has 1 N–H and O–H groups in total. The maximum atomic E-state index is 12.8. The van der Waals surface area contributed by atoms with Crippen molar-refractivity contribution in [3.05, 3.63) is 40.9 Å². The van der Waals surface area contributed by atoms with E-state index in [4.69, 9.17) is 0 Å². The van der Waals surface area contributed by atoms with Crippen LogP contribution in [0.4, 0.5) is 14.5 Å². The molecule has 0 saturated heterocycles. The molecule has 16 heavy (non-hydrogen) atoms. The van der Waals surface area contributed by atoms with E-state index < -0.39 is 17.5 Å². The molecule has 1 heterocycles. The minimum Gasteiger partial charge on any atom is -0.320 e. The number of aromatic nitrogens is 2. The molecule has 0 aliphatic carbocycles. The lowest BCUT2D eigenvalue weighted by Crippen LogP contribution is -2.12. The predicted molar refractivity (Wildman–Crippen MR) is 54.2 cm³/mol. The first kappa shape index (κ1) is 10.6. The summed E-state index contributed by atoms with van der Waals surface area (Å²) in [5, 5.41) is 7.37. The smallest absolute Gasteiger partial charge is 0.277 e. The van der Waals surface area contributed by atoms with Crippen LogP contribution in [0.2, 0.25) is 0 Å². The third-order valence-electron chi connectivity index (χ3n) is 1.77. The van der Waals surface area contributed by atoms with Gasteiger partial charge in [-0.25, -0.2) is 8.78 Å². The van der Waals surface area contributed by atoms with E-state index in [1.165, 1.54) is 11.4 Å². The van der Waals surface area contributed by atoms with Crippen LogP contribution in [0.25, 0.3) is 0 Å². The van der Waals surface area contributed by atoms with Gasteiger partial charge in [0.1, 0.15) is 0 Å². The Kier molecular flexibility index (Phi) is 2.86. The van der Waals surface area contributed by atoms with Gasteiger partial charge in [0.05, 0.1) is 0 Å². The summed E-state index contributed by atoms with van der Waals surface area (Å²) in [5.41, 5.74) is 0.298. The number of amides is 1. The van der Waals surface area contributed by atoms with Crippen LogP contribution in [0.15, 0.2) is 23.6 Å². The third-order valence-corrected chi connectivity index (χ3v) is 2.27. The number of anilines is 1. The molecule has 1 aromatic heterocycles. The molecule has 0 fully saturated rings. The average molecular weight is 241 g/mol. The van der Waals surface area contributed by atoms with Crippen molar-refractivity contribution in [1.82, 2.24) is 9.59 Å². The SMILES string of the molecule is O=C(Nc1ccc(F)c(F)c1)c1csnn1. The first-order valence-corrected chi connectivity index (χ1v) is 5.04. The zero-order chi connectivity index (χ0) is 11.5. The molecule has 2 aromatic rings. The van der Waals surface area contributed by atoms with Crippen molar-refractivity contribution in [1.29, 1.82) is 0 Å². The van der Waals surface area contributed by atoms with E-state index in [1.54, 1.807) is 0 Å². The highest BCUT2D eigenvalue weighted by Crippen LogP contribution is 2.13. The van der Waals surface area contributed by atoms with Crippen LogP contribution < -0.4 is 5.32 Å². The van der Waals surface area contributed by atoms with Crippen LogP contribution in [0, 0.1) is 11.6 Å². The van der Waals surface area contributed by atoms with Crippen LogP contribution in [-0.2, 0) is 0 Å². The largest absolute Gasteiger partial charge is 0.320 e. The molecule has 0 spiro atoms. The molecule has 82 valence electrons. The van der Waals surface area contributed by atoms with Crippen LogP contribution in [-0.4, -0.2) is 15.5 Å². The second kappa shape index (κ2) is 4.31. The molecular weight excluding hydrogens is 236 g/mol. The maximum Gasteiger partial charge on any atom is 0.277 e. The number of hydrogen-bond donors (Lipinski definition) is 1. The molecule has 0 aliphatic heterocycles. The number of hydrogen-bond acceptors (Lipinski definition) is 4. The topological polar surface area (TPSA) is 54.9 Å². The highest BCUT2D eigenvalue weighted by Gasteiger charge is 2.10. The number of benzene rings is 1. The number of nitrogens with one attached hydrogen (secondary N) is 1. The van der Waals surface area contributed by atoms with E-state index in [0.717, 1.165) is 23.7 Å². The Bertz CT molecular complexity index is 515. The van der Waals surface area contributed by atoms with Crippen LogP contribution in [0.1, 0.15) is 10.5 Å². The number of carbonyl (C=O) groups excluding carboxylic acids is 1. The fraction of sp³-hybridized carbons (Fsp3) is 0. The number of rotatable bonds is 2. The van der Waals surface area contributed by atoms with Crippen molar-refractivity contribution < 1.29 is 13.6 Å². The third kappa shape index (κ3) is 2.19. The van der Waals surface area contributed by atoms with Gasteiger partial charge in [0.15, 0.2) is 17.3 Å². The van der Waals surface area contributed by atoms with Gasteiger partial charge >= 0.3 is 0 Å². The lowest BCUT2D eigenvalue weighted by Gasteiger charge is -2.02. The van der Waals surface area contributed by atoms with E-state index in [0.29, 0.717) is 0 Å². The van der Waals surface area contributed by atoms with E-state index in [-0.39, 0.29) is 11.4 Å². The summed E-state index contributed by atoms with van der Waals surface area (Å²) in [5.74, 6) is -2.50. The van der Waals surface area contributed by atoms with E-state index in [2.05, 4.69) is 14.9 Å².